The molecule has 0 bridgehead atoms. The van der Waals surface area contributed by atoms with Crippen LogP contribution in [-0.2, 0) is 4.79 Å². The van der Waals surface area contributed by atoms with Crippen LogP contribution in [0.5, 0.6) is 0 Å². The van der Waals surface area contributed by atoms with Gasteiger partial charge in [0.2, 0.25) is 5.91 Å². The minimum absolute atomic E-state index is 0.00178. The fourth-order valence-corrected chi connectivity index (χ4v) is 6.50. The third-order valence-corrected chi connectivity index (χ3v) is 9.03. The van der Waals surface area contributed by atoms with Crippen molar-refractivity contribution in [2.24, 2.45) is 0 Å². The molecule has 1 heterocycles. The van der Waals surface area contributed by atoms with Crippen molar-refractivity contribution in [2.45, 2.75) is 17.1 Å². The summed E-state index contributed by atoms with van der Waals surface area (Å²) in [7, 11) is 0. The maximum absolute atomic E-state index is 13.7. The molecule has 1 aromatic heterocycles. The van der Waals surface area contributed by atoms with Crippen molar-refractivity contribution in [1.29, 1.82) is 0 Å². The Labute approximate surface area is 280 Å². The number of anilines is 1. The highest BCUT2D eigenvalue weighted by Crippen LogP contribution is 2.32. The Morgan fingerprint density at radius 1 is 0.761 bits per heavy atom. The number of halogens is 2. The number of carbonyl (C=O) groups is 3. The van der Waals surface area contributed by atoms with E-state index in [1.54, 1.807) is 65.2 Å². The summed E-state index contributed by atoms with van der Waals surface area (Å²) in [6.45, 7) is 1.89. The van der Waals surface area contributed by atoms with Crippen LogP contribution in [0.3, 0.4) is 0 Å². The first-order valence-electron chi connectivity index (χ1n) is 14.4. The average Bonchev–Trinajstić information content (AvgIpc) is 3.40. The fraction of sp³-hybridized carbons (Fsp3) is 0.0541. The quantitative estimate of drug-likeness (QED) is 0.126. The number of benzene rings is 5. The Morgan fingerprint density at radius 2 is 1.37 bits per heavy atom. The number of hydrogen-bond acceptors (Lipinski definition) is 4. The molecule has 6 rings (SSSR count). The zero-order chi connectivity index (χ0) is 32.2. The number of thioether (sulfide) groups is 1. The van der Waals surface area contributed by atoms with Crippen molar-refractivity contribution < 1.29 is 14.4 Å². The summed E-state index contributed by atoms with van der Waals surface area (Å²) in [4.78, 5) is 41.0. The minimum Gasteiger partial charge on any atom is -0.321 e. The van der Waals surface area contributed by atoms with Crippen LogP contribution in [0.1, 0.15) is 27.6 Å². The van der Waals surface area contributed by atoms with Crippen molar-refractivity contribution in [2.75, 3.05) is 5.32 Å². The Hall–Kier alpha value is -4.82. The molecular weight excluding hydrogens is 637 g/mol. The number of nitrogens with zero attached hydrogens (tertiary/aromatic N) is 1. The molecule has 46 heavy (non-hydrogen) atoms. The minimum atomic E-state index is -0.536. The molecule has 0 aliphatic heterocycles. The molecular formula is C37H27Cl2N3O3S. The van der Waals surface area contributed by atoms with E-state index in [0.717, 1.165) is 26.7 Å². The van der Waals surface area contributed by atoms with E-state index in [1.165, 1.54) is 17.8 Å². The summed E-state index contributed by atoms with van der Waals surface area (Å²) < 4.78 is 1.79. The average molecular weight is 665 g/mol. The number of fused-ring (bicyclic) bond motifs is 3. The third kappa shape index (κ3) is 6.72. The molecule has 2 N–H and O–H groups in total. The first kappa shape index (κ1) is 31.2. The van der Waals surface area contributed by atoms with Gasteiger partial charge in [0.25, 0.3) is 11.8 Å². The lowest BCUT2D eigenvalue weighted by atomic mass is 10.1. The largest absolute Gasteiger partial charge is 0.321 e. The van der Waals surface area contributed by atoms with Gasteiger partial charge in [-0.1, -0.05) is 83.9 Å². The summed E-state index contributed by atoms with van der Waals surface area (Å²) in [6.07, 6.45) is 1.50. The molecule has 5 aromatic carbocycles. The SMILES string of the molecule is CC(Sc1ccc(NC(=O)/C(=C/c2ccc(Cl)cc2Cl)NC(=O)c2ccccc2)cc1)C(=O)n1c2ccccc2c2ccccc21. The van der Waals surface area contributed by atoms with Crippen molar-refractivity contribution in [3.8, 4) is 0 Å². The summed E-state index contributed by atoms with van der Waals surface area (Å²) in [5.41, 5.74) is 3.18. The number of hydrogen-bond donors (Lipinski definition) is 2. The first-order chi connectivity index (χ1) is 22.3. The van der Waals surface area contributed by atoms with Crippen LogP contribution in [0.25, 0.3) is 27.9 Å². The molecule has 9 heteroatoms. The maximum atomic E-state index is 13.7. The molecule has 0 saturated carbocycles. The number of nitrogens with one attached hydrogen (secondary N) is 2. The number of carbonyl (C=O) groups excluding carboxylic acids is 3. The second-order valence-corrected chi connectivity index (χ2v) is 12.7. The molecule has 0 aliphatic rings. The van der Waals surface area contributed by atoms with Gasteiger partial charge in [0, 0.05) is 37.0 Å². The van der Waals surface area contributed by atoms with Gasteiger partial charge in [0.1, 0.15) is 5.70 Å². The Balaban J connectivity index is 1.19. The zero-order valence-corrected chi connectivity index (χ0v) is 26.9. The summed E-state index contributed by atoms with van der Waals surface area (Å²) in [6, 6.07) is 36.5. The van der Waals surface area contributed by atoms with Gasteiger partial charge in [-0.15, -0.1) is 11.8 Å². The van der Waals surface area contributed by atoms with Gasteiger partial charge in [0.05, 0.1) is 16.3 Å². The lowest BCUT2D eigenvalue weighted by Gasteiger charge is -2.14. The first-order valence-corrected chi connectivity index (χ1v) is 16.1. The van der Waals surface area contributed by atoms with Crippen molar-refractivity contribution in [1.82, 2.24) is 9.88 Å². The molecule has 6 aromatic rings. The molecule has 0 radical (unpaired) electrons. The Morgan fingerprint density at radius 3 is 2.00 bits per heavy atom. The van der Waals surface area contributed by atoms with Crippen LogP contribution in [-0.4, -0.2) is 27.5 Å². The van der Waals surface area contributed by atoms with Gasteiger partial charge in [0.15, 0.2) is 0 Å². The zero-order valence-electron chi connectivity index (χ0n) is 24.5. The molecule has 0 fully saturated rings. The van der Waals surface area contributed by atoms with Crippen LogP contribution in [0, 0.1) is 0 Å². The molecule has 1 unspecified atom stereocenters. The summed E-state index contributed by atoms with van der Waals surface area (Å²) >= 11 is 13.8. The fourth-order valence-electron chi connectivity index (χ4n) is 5.13. The van der Waals surface area contributed by atoms with E-state index in [9.17, 15) is 14.4 Å². The smallest absolute Gasteiger partial charge is 0.272 e. The highest BCUT2D eigenvalue weighted by molar-refractivity contribution is 8.00. The summed E-state index contributed by atoms with van der Waals surface area (Å²) in [5, 5.41) is 8.02. The van der Waals surface area contributed by atoms with Crippen LogP contribution < -0.4 is 10.6 Å². The van der Waals surface area contributed by atoms with Gasteiger partial charge >= 0.3 is 0 Å². The normalized spacial score (nSPS) is 12.2. The number of aromatic nitrogens is 1. The van der Waals surface area contributed by atoms with E-state index in [0.29, 0.717) is 26.9 Å². The lowest BCUT2D eigenvalue weighted by molar-refractivity contribution is -0.113. The van der Waals surface area contributed by atoms with E-state index in [-0.39, 0.29) is 16.9 Å². The molecule has 0 aliphatic carbocycles. The van der Waals surface area contributed by atoms with Crippen molar-refractivity contribution in [3.63, 3.8) is 0 Å². The van der Waals surface area contributed by atoms with Gasteiger partial charge < -0.3 is 10.6 Å². The Kier molecular flexibility index (Phi) is 9.26. The standard InChI is InChI=1S/C37H27Cl2N3O3S/c1-23(37(45)42-33-13-7-5-11-29(33)30-12-6-8-14-34(30)42)46-28-19-17-27(18-20-28)40-36(44)32(21-25-15-16-26(38)22-31(25)39)41-35(43)24-9-3-2-4-10-24/h2-23H,1H3,(H,40,44)(H,41,43)/b32-21-. The predicted octanol–water partition coefficient (Wildman–Crippen LogP) is 9.33. The molecule has 1 atom stereocenters. The van der Waals surface area contributed by atoms with Crippen LogP contribution in [0.4, 0.5) is 5.69 Å². The van der Waals surface area contributed by atoms with Crippen molar-refractivity contribution in [3.05, 3.63) is 148 Å². The van der Waals surface area contributed by atoms with Crippen molar-refractivity contribution >= 4 is 86.3 Å². The molecule has 0 saturated heterocycles. The molecule has 6 nitrogen and oxygen atoms in total. The van der Waals surface area contributed by atoms with Gasteiger partial charge in [-0.3, -0.25) is 19.0 Å². The number of para-hydroxylation sites is 2. The van der Waals surface area contributed by atoms with E-state index in [1.807, 2.05) is 67.6 Å². The second-order valence-electron chi connectivity index (χ2n) is 10.5. The predicted molar refractivity (Wildman–Crippen MR) is 189 cm³/mol. The number of rotatable bonds is 8. The monoisotopic (exact) mass is 663 g/mol. The van der Waals surface area contributed by atoms with Crippen LogP contribution >= 0.6 is 35.0 Å². The topological polar surface area (TPSA) is 80.2 Å². The maximum Gasteiger partial charge on any atom is 0.272 e. The van der Waals surface area contributed by atoms with E-state index >= 15 is 0 Å². The van der Waals surface area contributed by atoms with Gasteiger partial charge in [-0.2, -0.15) is 0 Å². The highest BCUT2D eigenvalue weighted by Gasteiger charge is 2.22. The van der Waals surface area contributed by atoms with Crippen LogP contribution in [0.15, 0.2) is 132 Å². The highest BCUT2D eigenvalue weighted by atomic mass is 35.5. The second kappa shape index (κ2) is 13.7. The lowest BCUT2D eigenvalue weighted by Crippen LogP contribution is -2.30. The van der Waals surface area contributed by atoms with Crippen LogP contribution in [0.2, 0.25) is 10.0 Å². The Bertz CT molecular complexity index is 2070. The van der Waals surface area contributed by atoms with Gasteiger partial charge in [-0.05, 0) is 79.2 Å². The summed E-state index contributed by atoms with van der Waals surface area (Å²) in [5.74, 6) is -1.00. The number of amides is 2. The van der Waals surface area contributed by atoms with Gasteiger partial charge in [-0.25, -0.2) is 0 Å². The molecule has 2 amide bonds. The van der Waals surface area contributed by atoms with E-state index in [4.69, 9.17) is 23.2 Å². The molecule has 0 spiro atoms. The third-order valence-electron chi connectivity index (χ3n) is 7.36. The van der Waals surface area contributed by atoms with E-state index in [2.05, 4.69) is 10.6 Å². The van der Waals surface area contributed by atoms with E-state index < -0.39 is 11.8 Å². The molecule has 228 valence electrons.